The number of hydrogen-bond donors (Lipinski definition) is 0. The number of esters is 4. The molecule has 77 heavy (non-hydrogen) atoms. The SMILES string of the molecule is CCCCCOc1ccc(C=CC(=O)OCCCCCCOC(=O)C(Cc2ccc([N+](=O)[O-])cc2)(Cc2ccc([N+](=O)[O-])cc2)C(=O)OCCCCCCOC(=O)C=Cc2ccc(OCCCCC)c(OC)c2)cc1OC. The maximum atomic E-state index is 14.4. The molecule has 0 saturated carbocycles. The van der Waals surface area contributed by atoms with E-state index < -0.39 is 39.1 Å². The van der Waals surface area contributed by atoms with Gasteiger partial charge in [0.2, 0.25) is 0 Å². The van der Waals surface area contributed by atoms with Crippen molar-refractivity contribution < 1.29 is 66.9 Å². The molecule has 4 aromatic rings. The Balaban J connectivity index is 1.30. The lowest BCUT2D eigenvalue weighted by Gasteiger charge is -2.30. The molecule has 4 rings (SSSR count). The van der Waals surface area contributed by atoms with Crippen LogP contribution in [-0.2, 0) is 51.0 Å². The summed E-state index contributed by atoms with van der Waals surface area (Å²) < 4.78 is 45.0. The van der Waals surface area contributed by atoms with Crippen LogP contribution in [0.15, 0.2) is 97.1 Å². The molecular weight excluding hydrogens is 993 g/mol. The van der Waals surface area contributed by atoms with Crippen LogP contribution >= 0.6 is 0 Å². The van der Waals surface area contributed by atoms with Gasteiger partial charge in [-0.05, 0) is 136 Å². The van der Waals surface area contributed by atoms with Gasteiger partial charge in [-0.3, -0.25) is 29.8 Å². The van der Waals surface area contributed by atoms with E-state index in [1.807, 2.05) is 12.1 Å². The van der Waals surface area contributed by atoms with Crippen LogP contribution in [0.25, 0.3) is 12.2 Å². The Hall–Kier alpha value is -7.76. The fraction of sp³-hybridized carbons (Fsp3) is 0.458. The third-order valence-corrected chi connectivity index (χ3v) is 12.3. The first-order chi connectivity index (χ1) is 37.3. The molecule has 0 radical (unpaired) electrons. The molecule has 0 N–H and O–H groups in total. The number of unbranched alkanes of at least 4 members (excludes halogenated alkanes) is 10. The van der Waals surface area contributed by atoms with Crippen molar-refractivity contribution in [2.45, 2.75) is 117 Å². The number of carbonyl (C=O) groups is 4. The molecule has 0 aromatic heterocycles. The first-order valence-corrected chi connectivity index (χ1v) is 26.4. The van der Waals surface area contributed by atoms with Crippen molar-refractivity contribution in [2.75, 3.05) is 53.9 Å². The number of carbonyl (C=O) groups excluding carboxylic acids is 4. The Bertz CT molecular complexity index is 2370. The number of ether oxygens (including phenoxy) is 8. The third kappa shape index (κ3) is 22.2. The Morgan fingerprint density at radius 3 is 1.14 bits per heavy atom. The van der Waals surface area contributed by atoms with Crippen LogP contribution in [0.4, 0.5) is 11.4 Å². The second-order valence-corrected chi connectivity index (χ2v) is 18.3. The molecule has 0 fully saturated rings. The predicted octanol–water partition coefficient (Wildman–Crippen LogP) is 12.2. The summed E-state index contributed by atoms with van der Waals surface area (Å²) >= 11 is 0. The molecule has 0 aliphatic carbocycles. The van der Waals surface area contributed by atoms with E-state index >= 15 is 0 Å². The zero-order chi connectivity index (χ0) is 55.7. The number of nitro groups is 2. The normalized spacial score (nSPS) is 11.3. The van der Waals surface area contributed by atoms with Gasteiger partial charge in [-0.1, -0.05) is 75.9 Å². The number of nitrogens with zero attached hydrogens (tertiary/aromatic N) is 2. The summed E-state index contributed by atoms with van der Waals surface area (Å²) in [5.41, 5.74) is -0.0406. The zero-order valence-corrected chi connectivity index (χ0v) is 44.9. The van der Waals surface area contributed by atoms with Crippen molar-refractivity contribution in [1.29, 1.82) is 0 Å². The molecular formula is C59H74N2O16. The van der Waals surface area contributed by atoms with E-state index in [9.17, 15) is 39.4 Å². The van der Waals surface area contributed by atoms with Gasteiger partial charge in [-0.15, -0.1) is 0 Å². The highest BCUT2D eigenvalue weighted by atomic mass is 16.6. The number of nitro benzene ring substituents is 2. The van der Waals surface area contributed by atoms with Crippen molar-refractivity contribution >= 4 is 47.4 Å². The van der Waals surface area contributed by atoms with Crippen LogP contribution in [0.5, 0.6) is 23.0 Å². The highest BCUT2D eigenvalue weighted by Crippen LogP contribution is 2.34. The molecule has 18 heteroatoms. The Morgan fingerprint density at radius 1 is 0.455 bits per heavy atom. The first kappa shape index (κ1) is 61.8. The lowest BCUT2D eigenvalue weighted by molar-refractivity contribution is -0.385. The molecule has 0 heterocycles. The quantitative estimate of drug-likeness (QED) is 0.00773. The maximum Gasteiger partial charge on any atom is 0.330 e. The molecule has 0 amide bonds. The second-order valence-electron chi connectivity index (χ2n) is 18.3. The van der Waals surface area contributed by atoms with Gasteiger partial charge in [-0.25, -0.2) is 9.59 Å². The van der Waals surface area contributed by atoms with Gasteiger partial charge in [0.25, 0.3) is 11.4 Å². The summed E-state index contributed by atoms with van der Waals surface area (Å²) in [6.07, 6.45) is 16.1. The summed E-state index contributed by atoms with van der Waals surface area (Å²) in [5.74, 6) is -0.387. The van der Waals surface area contributed by atoms with Crippen LogP contribution in [0.3, 0.4) is 0 Å². The molecule has 0 aliphatic heterocycles. The smallest absolute Gasteiger partial charge is 0.330 e. The molecule has 0 bridgehead atoms. The number of benzene rings is 4. The molecule has 0 atom stereocenters. The van der Waals surface area contributed by atoms with Gasteiger partial charge in [0.1, 0.15) is 0 Å². The van der Waals surface area contributed by atoms with E-state index in [1.165, 1.54) is 60.7 Å². The van der Waals surface area contributed by atoms with Gasteiger partial charge in [-0.2, -0.15) is 0 Å². The fourth-order valence-corrected chi connectivity index (χ4v) is 7.98. The molecule has 4 aromatic carbocycles. The van der Waals surface area contributed by atoms with Gasteiger partial charge in [0.05, 0.1) is 63.7 Å². The van der Waals surface area contributed by atoms with Gasteiger partial charge < -0.3 is 37.9 Å². The standard InChI is InChI=1S/C59H74N2O16/c1-5-7-13-35-72-51-31-23-45(41-53(51)70-3)25-33-55(62)74-37-15-9-11-17-39-76-57(64)59(43-47-19-27-49(28-20-47)60(66)67,44-48-21-29-50(30-22-48)61(68)69)58(65)77-40-18-12-10-16-38-75-56(63)34-26-46-24-32-52(54(42-46)71-4)73-36-14-8-6-2/h19-34,41-42H,5-18,35-40,43-44H2,1-4H3. The van der Waals surface area contributed by atoms with Crippen LogP contribution in [0.2, 0.25) is 0 Å². The molecule has 0 aliphatic rings. The third-order valence-electron chi connectivity index (χ3n) is 12.3. The van der Waals surface area contributed by atoms with Crippen LogP contribution in [-0.4, -0.2) is 87.6 Å². The summed E-state index contributed by atoms with van der Waals surface area (Å²) in [4.78, 5) is 75.5. The number of hydrogen-bond acceptors (Lipinski definition) is 16. The Labute approximate surface area is 451 Å². The lowest BCUT2D eigenvalue weighted by atomic mass is 9.76. The number of rotatable bonds is 38. The summed E-state index contributed by atoms with van der Waals surface area (Å²) in [6, 6.07) is 21.7. The van der Waals surface area contributed by atoms with Crippen molar-refractivity contribution in [3.8, 4) is 23.0 Å². The molecule has 416 valence electrons. The molecule has 0 saturated heterocycles. The summed E-state index contributed by atoms with van der Waals surface area (Å²) in [5, 5.41) is 22.9. The van der Waals surface area contributed by atoms with Crippen molar-refractivity contribution in [1.82, 2.24) is 0 Å². The maximum absolute atomic E-state index is 14.4. The number of methoxy groups -OCH3 is 2. The van der Waals surface area contributed by atoms with Crippen molar-refractivity contribution in [3.05, 3.63) is 140 Å². The molecule has 18 nitrogen and oxygen atoms in total. The highest BCUT2D eigenvalue weighted by molar-refractivity contribution is 6.01. The molecule has 0 unspecified atom stereocenters. The minimum absolute atomic E-state index is 0.0557. The van der Waals surface area contributed by atoms with Crippen LogP contribution in [0.1, 0.15) is 126 Å². The number of non-ortho nitro benzene ring substituents is 2. The van der Waals surface area contributed by atoms with Crippen molar-refractivity contribution in [3.63, 3.8) is 0 Å². The average molecular weight is 1070 g/mol. The topological polar surface area (TPSA) is 228 Å². The average Bonchev–Trinajstić information content (AvgIpc) is 3.43. The van der Waals surface area contributed by atoms with Crippen LogP contribution < -0.4 is 18.9 Å². The summed E-state index contributed by atoms with van der Waals surface area (Å²) in [6.45, 7) is 5.66. The van der Waals surface area contributed by atoms with Gasteiger partial charge in [0, 0.05) is 36.4 Å². The fourth-order valence-electron chi connectivity index (χ4n) is 7.98. The Morgan fingerprint density at radius 2 is 0.805 bits per heavy atom. The summed E-state index contributed by atoms with van der Waals surface area (Å²) in [7, 11) is 3.12. The van der Waals surface area contributed by atoms with Crippen molar-refractivity contribution in [2.24, 2.45) is 5.41 Å². The van der Waals surface area contributed by atoms with E-state index in [4.69, 9.17) is 37.9 Å². The van der Waals surface area contributed by atoms with E-state index in [0.717, 1.165) is 49.7 Å². The Kier molecular flexibility index (Phi) is 27.9. The predicted molar refractivity (Wildman–Crippen MR) is 291 cm³/mol. The molecule has 0 spiro atoms. The van der Waals surface area contributed by atoms with E-state index in [1.54, 1.807) is 50.6 Å². The largest absolute Gasteiger partial charge is 0.493 e. The highest BCUT2D eigenvalue weighted by Gasteiger charge is 2.49. The zero-order valence-electron chi connectivity index (χ0n) is 44.9. The first-order valence-electron chi connectivity index (χ1n) is 26.4. The minimum atomic E-state index is -1.99. The minimum Gasteiger partial charge on any atom is -0.493 e. The van der Waals surface area contributed by atoms with Gasteiger partial charge in [0.15, 0.2) is 28.4 Å². The van der Waals surface area contributed by atoms with E-state index in [-0.39, 0.29) is 50.6 Å². The monoisotopic (exact) mass is 1070 g/mol. The van der Waals surface area contributed by atoms with E-state index in [0.29, 0.717) is 98.7 Å². The van der Waals surface area contributed by atoms with E-state index in [2.05, 4.69) is 13.8 Å². The second kappa shape index (κ2) is 34.7. The lowest BCUT2D eigenvalue weighted by Crippen LogP contribution is -2.46. The van der Waals surface area contributed by atoms with Crippen LogP contribution in [0, 0.1) is 25.6 Å². The van der Waals surface area contributed by atoms with Gasteiger partial charge >= 0.3 is 23.9 Å².